The number of urea groups is 1. The highest BCUT2D eigenvalue weighted by atomic mass is 32.1. The van der Waals surface area contributed by atoms with Crippen molar-refractivity contribution in [3.63, 3.8) is 0 Å². The highest BCUT2D eigenvalue weighted by molar-refractivity contribution is 7.19. The molecule has 3 N–H and O–H groups in total. The summed E-state index contributed by atoms with van der Waals surface area (Å²) in [5.41, 5.74) is -0.699. The molecule has 2 amide bonds. The summed E-state index contributed by atoms with van der Waals surface area (Å²) in [7, 11) is 3.04. The molecule has 0 saturated heterocycles. The number of fused-ring (bicyclic) bond motifs is 1. The van der Waals surface area contributed by atoms with E-state index in [1.165, 1.54) is 25.6 Å². The molecule has 0 fully saturated rings. The lowest BCUT2D eigenvalue weighted by Crippen LogP contribution is -2.40. The van der Waals surface area contributed by atoms with E-state index in [2.05, 4.69) is 10.6 Å². The minimum absolute atomic E-state index is 0.0674. The van der Waals surface area contributed by atoms with Crippen LogP contribution in [0, 0.1) is 0 Å². The number of nitrogens with one attached hydrogen (secondary N) is 2. The number of amides is 2. The number of benzene rings is 2. The summed E-state index contributed by atoms with van der Waals surface area (Å²) in [5, 5.41) is 17.3. The standard InChI is InChI=1S/C20H22N2O4S/c1-20(24,17-11-13-7-4-5-10-16(13)27-17)12-21-19(23)22-14-8-6-9-15(25-2)18(14)26-3/h4-11,24H,12H2,1-3H3,(H2,21,22,23)/t20-/m0/s1. The van der Waals surface area contributed by atoms with Gasteiger partial charge in [0.15, 0.2) is 11.5 Å². The zero-order valence-electron chi connectivity index (χ0n) is 15.4. The van der Waals surface area contributed by atoms with Crippen molar-refractivity contribution in [2.75, 3.05) is 26.1 Å². The molecule has 0 unspecified atom stereocenters. The maximum atomic E-state index is 12.3. The van der Waals surface area contributed by atoms with Crippen LogP contribution in [0.5, 0.6) is 11.5 Å². The van der Waals surface area contributed by atoms with Crippen LogP contribution in [-0.4, -0.2) is 31.9 Å². The first-order valence-electron chi connectivity index (χ1n) is 8.42. The highest BCUT2D eigenvalue weighted by Gasteiger charge is 2.26. The van der Waals surface area contributed by atoms with Crippen molar-refractivity contribution in [1.29, 1.82) is 0 Å². The van der Waals surface area contributed by atoms with E-state index in [0.29, 0.717) is 17.2 Å². The number of para-hydroxylation sites is 1. The van der Waals surface area contributed by atoms with Crippen molar-refractivity contribution < 1.29 is 19.4 Å². The fourth-order valence-corrected chi connectivity index (χ4v) is 3.85. The second kappa shape index (κ2) is 7.85. The number of anilines is 1. The summed E-state index contributed by atoms with van der Waals surface area (Å²) in [4.78, 5) is 13.1. The van der Waals surface area contributed by atoms with Gasteiger partial charge in [-0.2, -0.15) is 0 Å². The molecule has 2 aromatic carbocycles. The number of carbonyl (C=O) groups excluding carboxylic acids is 1. The number of aliphatic hydroxyl groups is 1. The summed E-state index contributed by atoms with van der Waals surface area (Å²) < 4.78 is 11.6. The molecule has 0 spiro atoms. The largest absolute Gasteiger partial charge is 0.493 e. The number of ether oxygens (including phenoxy) is 2. The number of hydrogen-bond acceptors (Lipinski definition) is 5. The molecule has 1 atom stereocenters. The molecule has 0 saturated carbocycles. The topological polar surface area (TPSA) is 79.8 Å². The Hall–Kier alpha value is -2.77. The summed E-state index contributed by atoms with van der Waals surface area (Å²) in [5.74, 6) is 0.957. The van der Waals surface area contributed by atoms with Crippen molar-refractivity contribution in [1.82, 2.24) is 5.32 Å². The summed E-state index contributed by atoms with van der Waals surface area (Å²) >= 11 is 1.51. The first-order chi connectivity index (χ1) is 12.9. The van der Waals surface area contributed by atoms with E-state index in [4.69, 9.17) is 9.47 Å². The Morgan fingerprint density at radius 1 is 1.15 bits per heavy atom. The summed E-state index contributed by atoms with van der Waals surface area (Å²) in [6.07, 6.45) is 0. The molecule has 0 bridgehead atoms. The molecule has 1 aromatic heterocycles. The molecule has 1 heterocycles. The van der Waals surface area contributed by atoms with E-state index < -0.39 is 11.6 Å². The lowest BCUT2D eigenvalue weighted by atomic mass is 10.0. The van der Waals surface area contributed by atoms with Gasteiger partial charge >= 0.3 is 6.03 Å². The van der Waals surface area contributed by atoms with Crippen LogP contribution in [-0.2, 0) is 5.60 Å². The molecule has 0 aliphatic heterocycles. The Kier molecular flexibility index (Phi) is 5.53. The van der Waals surface area contributed by atoms with E-state index in [1.807, 2.05) is 30.3 Å². The van der Waals surface area contributed by atoms with Gasteiger partial charge in [-0.25, -0.2) is 4.79 Å². The zero-order chi connectivity index (χ0) is 19.4. The average Bonchev–Trinajstić information content (AvgIpc) is 3.11. The van der Waals surface area contributed by atoms with Gasteiger partial charge in [-0.15, -0.1) is 11.3 Å². The van der Waals surface area contributed by atoms with E-state index >= 15 is 0 Å². The van der Waals surface area contributed by atoms with Gasteiger partial charge in [-0.1, -0.05) is 24.3 Å². The normalized spacial score (nSPS) is 13.0. The predicted octanol–water partition coefficient (Wildman–Crippen LogP) is 3.95. The Morgan fingerprint density at radius 2 is 1.93 bits per heavy atom. The van der Waals surface area contributed by atoms with E-state index in [1.54, 1.807) is 25.1 Å². The zero-order valence-corrected chi connectivity index (χ0v) is 16.2. The molecular formula is C20H22N2O4S. The van der Waals surface area contributed by atoms with Crippen molar-refractivity contribution in [2.45, 2.75) is 12.5 Å². The fourth-order valence-electron chi connectivity index (χ4n) is 2.74. The van der Waals surface area contributed by atoms with Gasteiger partial charge in [-0.05, 0) is 36.6 Å². The molecule has 142 valence electrons. The summed E-state index contributed by atoms with van der Waals surface area (Å²) in [6.45, 7) is 1.75. The molecule has 0 aliphatic rings. The van der Waals surface area contributed by atoms with Crippen LogP contribution >= 0.6 is 11.3 Å². The van der Waals surface area contributed by atoms with E-state index in [-0.39, 0.29) is 6.54 Å². The van der Waals surface area contributed by atoms with Crippen LogP contribution in [0.15, 0.2) is 48.5 Å². The Bertz CT molecular complexity index is 919. The molecular weight excluding hydrogens is 364 g/mol. The van der Waals surface area contributed by atoms with Crippen LogP contribution < -0.4 is 20.1 Å². The third kappa shape index (κ3) is 4.15. The lowest BCUT2D eigenvalue weighted by molar-refractivity contribution is 0.0638. The van der Waals surface area contributed by atoms with Gasteiger partial charge in [0.2, 0.25) is 0 Å². The third-order valence-corrected chi connectivity index (χ3v) is 5.57. The van der Waals surface area contributed by atoms with Crippen LogP contribution in [0.4, 0.5) is 10.5 Å². The monoisotopic (exact) mass is 386 g/mol. The number of hydrogen-bond donors (Lipinski definition) is 3. The molecule has 6 nitrogen and oxygen atoms in total. The van der Waals surface area contributed by atoms with Gasteiger partial charge < -0.3 is 25.2 Å². The first kappa shape index (κ1) is 19.0. The minimum atomic E-state index is -1.18. The quantitative estimate of drug-likeness (QED) is 0.599. The molecule has 3 aromatic rings. The van der Waals surface area contributed by atoms with Gasteiger partial charge in [-0.3, -0.25) is 0 Å². The maximum absolute atomic E-state index is 12.3. The highest BCUT2D eigenvalue weighted by Crippen LogP contribution is 2.35. The van der Waals surface area contributed by atoms with Crippen LogP contribution in [0.25, 0.3) is 10.1 Å². The summed E-state index contributed by atoms with van der Waals surface area (Å²) in [6, 6.07) is 14.7. The van der Waals surface area contributed by atoms with Crippen molar-refractivity contribution in [3.05, 3.63) is 53.4 Å². The second-order valence-corrected chi connectivity index (χ2v) is 7.35. The third-order valence-electron chi connectivity index (χ3n) is 4.20. The molecule has 3 rings (SSSR count). The molecule has 27 heavy (non-hydrogen) atoms. The van der Waals surface area contributed by atoms with Crippen molar-refractivity contribution in [2.24, 2.45) is 0 Å². The van der Waals surface area contributed by atoms with Gasteiger partial charge in [0.05, 0.1) is 26.5 Å². The van der Waals surface area contributed by atoms with Crippen LogP contribution in [0.3, 0.4) is 0 Å². The lowest BCUT2D eigenvalue weighted by Gasteiger charge is -2.22. The molecule has 0 aliphatic carbocycles. The Labute approximate surface area is 161 Å². The number of thiophene rings is 1. The predicted molar refractivity (Wildman–Crippen MR) is 108 cm³/mol. The minimum Gasteiger partial charge on any atom is -0.493 e. The first-order valence-corrected chi connectivity index (χ1v) is 9.23. The van der Waals surface area contributed by atoms with E-state index in [9.17, 15) is 9.90 Å². The molecule has 0 radical (unpaired) electrons. The van der Waals surface area contributed by atoms with Gasteiger partial charge in [0.1, 0.15) is 5.60 Å². The fraction of sp³-hybridized carbons (Fsp3) is 0.250. The van der Waals surface area contributed by atoms with Crippen LogP contribution in [0.2, 0.25) is 0 Å². The second-order valence-electron chi connectivity index (χ2n) is 6.27. The molecule has 7 heteroatoms. The van der Waals surface area contributed by atoms with Gasteiger partial charge in [0.25, 0.3) is 0 Å². The average molecular weight is 386 g/mol. The Morgan fingerprint density at radius 3 is 2.63 bits per heavy atom. The Balaban J connectivity index is 1.68. The van der Waals surface area contributed by atoms with Crippen LogP contribution in [0.1, 0.15) is 11.8 Å². The van der Waals surface area contributed by atoms with Crippen molar-refractivity contribution in [3.8, 4) is 11.5 Å². The van der Waals surface area contributed by atoms with Crippen molar-refractivity contribution >= 4 is 33.1 Å². The number of rotatable bonds is 6. The number of carbonyl (C=O) groups is 1. The smallest absolute Gasteiger partial charge is 0.319 e. The number of methoxy groups -OCH3 is 2. The maximum Gasteiger partial charge on any atom is 0.319 e. The SMILES string of the molecule is COc1cccc(NC(=O)NC[C@](C)(O)c2cc3ccccc3s2)c1OC. The van der Waals surface area contributed by atoms with Gasteiger partial charge in [0, 0.05) is 9.58 Å². The van der Waals surface area contributed by atoms with E-state index in [0.717, 1.165) is 15.0 Å².